The van der Waals surface area contributed by atoms with Crippen LogP contribution in [0.15, 0.2) is 12.7 Å². The Balaban J connectivity index is 4.00. The Kier molecular flexibility index (Phi) is 6.85. The molecule has 2 heteroatoms. The number of ether oxygens (including phenoxy) is 1. The Morgan fingerprint density at radius 1 is 1.50 bits per heavy atom. The fourth-order valence-electron chi connectivity index (χ4n) is 1.47. The summed E-state index contributed by atoms with van der Waals surface area (Å²) in [5, 5.41) is 0. The molecule has 84 valence electrons. The van der Waals surface area contributed by atoms with Crippen LogP contribution in [0.1, 0.15) is 40.0 Å². The van der Waals surface area contributed by atoms with Crippen molar-refractivity contribution in [3.8, 4) is 0 Å². The van der Waals surface area contributed by atoms with Crippen molar-refractivity contribution in [2.75, 3.05) is 13.2 Å². The molecule has 0 saturated heterocycles. The maximum Gasteiger partial charge on any atom is 0.0648 e. The van der Waals surface area contributed by atoms with E-state index in [1.807, 2.05) is 0 Å². The minimum absolute atomic E-state index is 0.182. The van der Waals surface area contributed by atoms with Gasteiger partial charge in [-0.15, -0.1) is 6.58 Å². The summed E-state index contributed by atoms with van der Waals surface area (Å²) in [7, 11) is 0. The van der Waals surface area contributed by atoms with E-state index in [1.54, 1.807) is 6.08 Å². The van der Waals surface area contributed by atoms with E-state index in [1.165, 1.54) is 0 Å². The van der Waals surface area contributed by atoms with Crippen molar-refractivity contribution in [3.05, 3.63) is 12.7 Å². The van der Waals surface area contributed by atoms with E-state index in [0.29, 0.717) is 19.3 Å². The van der Waals surface area contributed by atoms with Crippen molar-refractivity contribution in [1.29, 1.82) is 0 Å². The molecule has 0 bridgehead atoms. The third-order valence-electron chi connectivity index (χ3n) is 2.39. The summed E-state index contributed by atoms with van der Waals surface area (Å²) < 4.78 is 5.70. The molecule has 0 fully saturated rings. The molecule has 0 aliphatic rings. The lowest BCUT2D eigenvalue weighted by Gasteiger charge is -2.28. The zero-order valence-corrected chi connectivity index (χ0v) is 9.88. The lowest BCUT2D eigenvalue weighted by molar-refractivity contribution is 0.0349. The van der Waals surface area contributed by atoms with E-state index in [-0.39, 0.29) is 5.41 Å². The van der Waals surface area contributed by atoms with Crippen LogP contribution in [0.4, 0.5) is 0 Å². The highest BCUT2D eigenvalue weighted by atomic mass is 16.5. The molecular weight excluding hydrogens is 174 g/mol. The predicted octanol–water partition coefficient (Wildman–Crippen LogP) is 2.73. The monoisotopic (exact) mass is 199 g/mol. The summed E-state index contributed by atoms with van der Waals surface area (Å²) in [6.45, 7) is 11.6. The van der Waals surface area contributed by atoms with Gasteiger partial charge in [0.1, 0.15) is 0 Å². The largest absolute Gasteiger partial charge is 0.374 e. The summed E-state index contributed by atoms with van der Waals surface area (Å²) in [4.78, 5) is 0. The molecule has 0 aromatic heterocycles. The molecule has 1 atom stereocenters. The van der Waals surface area contributed by atoms with E-state index in [9.17, 15) is 0 Å². The second kappa shape index (κ2) is 7.02. The average molecular weight is 199 g/mol. The first-order valence-corrected chi connectivity index (χ1v) is 5.48. The Hall–Kier alpha value is -0.340. The molecule has 0 spiro atoms. The second-order valence-corrected chi connectivity index (χ2v) is 4.61. The van der Waals surface area contributed by atoms with Gasteiger partial charge in [0.2, 0.25) is 0 Å². The third kappa shape index (κ3) is 6.17. The summed E-state index contributed by atoms with van der Waals surface area (Å²) in [6.07, 6.45) is 5.43. The quantitative estimate of drug-likeness (QED) is 0.610. The Bertz CT molecular complexity index is 154. The molecule has 0 amide bonds. The van der Waals surface area contributed by atoms with Gasteiger partial charge in [-0.1, -0.05) is 33.3 Å². The summed E-state index contributed by atoms with van der Waals surface area (Å²) in [6, 6.07) is 0. The molecule has 0 aliphatic carbocycles. The molecule has 0 radical (unpaired) electrons. The maximum absolute atomic E-state index is 5.70. The summed E-state index contributed by atoms with van der Waals surface area (Å²) in [5.41, 5.74) is 5.89. The molecule has 14 heavy (non-hydrogen) atoms. The Morgan fingerprint density at radius 2 is 2.14 bits per heavy atom. The van der Waals surface area contributed by atoms with Gasteiger partial charge in [-0.2, -0.15) is 0 Å². The van der Waals surface area contributed by atoms with Gasteiger partial charge in [-0.3, -0.25) is 0 Å². The van der Waals surface area contributed by atoms with Crippen molar-refractivity contribution in [1.82, 2.24) is 0 Å². The van der Waals surface area contributed by atoms with Crippen LogP contribution in [0.25, 0.3) is 0 Å². The van der Waals surface area contributed by atoms with E-state index >= 15 is 0 Å². The Morgan fingerprint density at radius 3 is 2.57 bits per heavy atom. The van der Waals surface area contributed by atoms with Crippen LogP contribution >= 0.6 is 0 Å². The highest BCUT2D eigenvalue weighted by molar-refractivity contribution is 4.76. The third-order valence-corrected chi connectivity index (χ3v) is 2.39. The standard InChI is InChI=1S/C12H25NO/c1-5-7-11(14-8-6-2)9-12(3,4)10-13/h6,11H,2,5,7-10,13H2,1,3-4H3. The minimum Gasteiger partial charge on any atom is -0.374 e. The molecule has 0 aliphatic heterocycles. The van der Waals surface area contributed by atoms with Crippen LogP contribution in [-0.2, 0) is 4.74 Å². The minimum atomic E-state index is 0.182. The van der Waals surface area contributed by atoms with Gasteiger partial charge in [0.15, 0.2) is 0 Å². The summed E-state index contributed by atoms with van der Waals surface area (Å²) >= 11 is 0. The Labute approximate surface area is 88.5 Å². The zero-order valence-electron chi connectivity index (χ0n) is 9.88. The van der Waals surface area contributed by atoms with Crippen LogP contribution in [0.3, 0.4) is 0 Å². The molecule has 2 nitrogen and oxygen atoms in total. The smallest absolute Gasteiger partial charge is 0.0648 e. The van der Waals surface area contributed by atoms with Gasteiger partial charge in [-0.05, 0) is 24.8 Å². The first-order valence-electron chi connectivity index (χ1n) is 5.48. The number of nitrogens with two attached hydrogens (primary N) is 1. The lowest BCUT2D eigenvalue weighted by Crippen LogP contribution is -2.30. The van der Waals surface area contributed by atoms with E-state index in [2.05, 4.69) is 27.4 Å². The van der Waals surface area contributed by atoms with Crippen molar-refractivity contribution in [2.24, 2.45) is 11.1 Å². The van der Waals surface area contributed by atoms with Crippen molar-refractivity contribution in [2.45, 2.75) is 46.1 Å². The van der Waals surface area contributed by atoms with Crippen LogP contribution in [-0.4, -0.2) is 19.3 Å². The highest BCUT2D eigenvalue weighted by Gasteiger charge is 2.21. The normalized spacial score (nSPS) is 14.0. The van der Waals surface area contributed by atoms with E-state index < -0.39 is 0 Å². The first-order chi connectivity index (χ1) is 6.55. The fourth-order valence-corrected chi connectivity index (χ4v) is 1.47. The van der Waals surface area contributed by atoms with Gasteiger partial charge in [-0.25, -0.2) is 0 Å². The van der Waals surface area contributed by atoms with Crippen molar-refractivity contribution < 1.29 is 4.74 Å². The number of hydrogen-bond donors (Lipinski definition) is 1. The average Bonchev–Trinajstić information content (AvgIpc) is 2.14. The number of hydrogen-bond acceptors (Lipinski definition) is 2. The van der Waals surface area contributed by atoms with Crippen LogP contribution in [0.5, 0.6) is 0 Å². The second-order valence-electron chi connectivity index (χ2n) is 4.61. The van der Waals surface area contributed by atoms with Gasteiger partial charge in [0.05, 0.1) is 12.7 Å². The van der Waals surface area contributed by atoms with Crippen molar-refractivity contribution in [3.63, 3.8) is 0 Å². The molecule has 1 unspecified atom stereocenters. The topological polar surface area (TPSA) is 35.2 Å². The fraction of sp³-hybridized carbons (Fsp3) is 0.833. The van der Waals surface area contributed by atoms with Gasteiger partial charge >= 0.3 is 0 Å². The van der Waals surface area contributed by atoms with Crippen LogP contribution in [0, 0.1) is 5.41 Å². The molecular formula is C12H25NO. The van der Waals surface area contributed by atoms with Crippen molar-refractivity contribution >= 4 is 0 Å². The van der Waals surface area contributed by atoms with Crippen LogP contribution < -0.4 is 5.73 Å². The van der Waals surface area contributed by atoms with Crippen LogP contribution in [0.2, 0.25) is 0 Å². The zero-order chi connectivity index (χ0) is 11.0. The molecule has 0 aromatic rings. The molecule has 2 N–H and O–H groups in total. The van der Waals surface area contributed by atoms with Gasteiger partial charge in [0.25, 0.3) is 0 Å². The predicted molar refractivity (Wildman–Crippen MR) is 62.3 cm³/mol. The van der Waals surface area contributed by atoms with Gasteiger partial charge in [0, 0.05) is 0 Å². The summed E-state index contributed by atoms with van der Waals surface area (Å²) in [5.74, 6) is 0. The maximum atomic E-state index is 5.70. The first kappa shape index (κ1) is 13.7. The molecule has 0 heterocycles. The number of rotatable bonds is 8. The lowest BCUT2D eigenvalue weighted by atomic mass is 9.85. The van der Waals surface area contributed by atoms with E-state index in [0.717, 1.165) is 19.3 Å². The molecule has 0 rings (SSSR count). The highest BCUT2D eigenvalue weighted by Crippen LogP contribution is 2.24. The van der Waals surface area contributed by atoms with E-state index in [4.69, 9.17) is 10.5 Å². The molecule has 0 saturated carbocycles. The molecule has 0 aromatic carbocycles. The SMILES string of the molecule is C=CCOC(CCC)CC(C)(C)CN. The van der Waals surface area contributed by atoms with Gasteiger partial charge < -0.3 is 10.5 Å².